The molecule has 1 rings (SSSR count). The number of ether oxygens (including phenoxy) is 2. The largest absolute Gasteiger partial charge is 0.465 e. The molecule has 1 amide bonds. The summed E-state index contributed by atoms with van der Waals surface area (Å²) in [6.07, 6.45) is -0.129. The maximum absolute atomic E-state index is 11.6. The van der Waals surface area contributed by atoms with Gasteiger partial charge in [0, 0.05) is 13.7 Å². The number of methoxy groups -OCH3 is 2. The molecule has 1 unspecified atom stereocenters. The molecule has 0 aliphatic rings. The second-order valence-corrected chi connectivity index (χ2v) is 4.25. The number of hydrogen-bond acceptors (Lipinski definition) is 6. The third-order valence-corrected chi connectivity index (χ3v) is 2.84. The fraction of sp³-hybridized carbons (Fsp3) is 0.538. The van der Waals surface area contributed by atoms with Gasteiger partial charge in [0.1, 0.15) is 17.1 Å². The molecule has 0 bridgehead atoms. The van der Waals surface area contributed by atoms with Gasteiger partial charge in [0.25, 0.3) is 0 Å². The molecule has 3 N–H and O–H groups in total. The van der Waals surface area contributed by atoms with Crippen molar-refractivity contribution in [3.8, 4) is 0 Å². The highest BCUT2D eigenvalue weighted by atomic mass is 16.5. The van der Waals surface area contributed by atoms with Crippen LogP contribution < -0.4 is 11.1 Å². The molecule has 7 heteroatoms. The lowest BCUT2D eigenvalue weighted by Gasteiger charge is -2.11. The van der Waals surface area contributed by atoms with Crippen LogP contribution >= 0.6 is 0 Å². The van der Waals surface area contributed by atoms with Gasteiger partial charge in [-0.1, -0.05) is 0 Å². The van der Waals surface area contributed by atoms with Crippen LogP contribution in [0.3, 0.4) is 0 Å². The fourth-order valence-corrected chi connectivity index (χ4v) is 1.67. The topological polar surface area (TPSA) is 104 Å². The van der Waals surface area contributed by atoms with Crippen molar-refractivity contribution in [2.45, 2.75) is 26.0 Å². The fourth-order valence-electron chi connectivity index (χ4n) is 1.67. The van der Waals surface area contributed by atoms with Gasteiger partial charge < -0.3 is 24.9 Å². The minimum absolute atomic E-state index is 0.177. The van der Waals surface area contributed by atoms with Gasteiger partial charge in [0.05, 0.1) is 26.2 Å². The van der Waals surface area contributed by atoms with Gasteiger partial charge in [-0.15, -0.1) is 0 Å². The van der Waals surface area contributed by atoms with Crippen molar-refractivity contribution >= 4 is 11.9 Å². The molecule has 1 aromatic heterocycles. The van der Waals surface area contributed by atoms with Crippen LogP contribution in [0.1, 0.15) is 28.3 Å². The Balaban J connectivity index is 2.54. The predicted molar refractivity (Wildman–Crippen MR) is 71.1 cm³/mol. The lowest BCUT2D eigenvalue weighted by Crippen LogP contribution is -2.31. The smallest absolute Gasteiger partial charge is 0.341 e. The van der Waals surface area contributed by atoms with Crippen LogP contribution in [0.15, 0.2) is 10.5 Å². The third-order valence-electron chi connectivity index (χ3n) is 2.84. The third kappa shape index (κ3) is 4.36. The zero-order valence-corrected chi connectivity index (χ0v) is 11.9. The Hall–Kier alpha value is -1.86. The van der Waals surface area contributed by atoms with Crippen molar-refractivity contribution in [2.24, 2.45) is 5.73 Å². The number of amides is 1. The van der Waals surface area contributed by atoms with Crippen LogP contribution in [-0.4, -0.2) is 38.7 Å². The van der Waals surface area contributed by atoms with E-state index in [2.05, 4.69) is 10.1 Å². The lowest BCUT2D eigenvalue weighted by molar-refractivity contribution is -0.123. The Labute approximate surface area is 117 Å². The van der Waals surface area contributed by atoms with Gasteiger partial charge in [0.15, 0.2) is 0 Å². The summed E-state index contributed by atoms with van der Waals surface area (Å²) in [7, 11) is 2.80. The summed E-state index contributed by atoms with van der Waals surface area (Å²) in [5.74, 6) is 0.276. The number of carbonyl (C=O) groups excluding carboxylic acids is 2. The summed E-state index contributed by atoms with van der Waals surface area (Å²) < 4.78 is 15.0. The molecule has 1 heterocycles. The molecule has 0 aromatic carbocycles. The number of nitrogens with one attached hydrogen (secondary N) is 1. The monoisotopic (exact) mass is 284 g/mol. The van der Waals surface area contributed by atoms with E-state index in [1.54, 1.807) is 13.0 Å². The maximum atomic E-state index is 11.6. The summed E-state index contributed by atoms with van der Waals surface area (Å²) in [6.45, 7) is 2.13. The van der Waals surface area contributed by atoms with Crippen molar-refractivity contribution in [3.05, 3.63) is 23.2 Å². The Morgan fingerprint density at radius 1 is 1.45 bits per heavy atom. The SMILES string of the molecule is COC(=O)c1cc(CNC(=O)CC(CN)OC)oc1C. The average Bonchev–Trinajstić information content (AvgIpc) is 2.82. The summed E-state index contributed by atoms with van der Waals surface area (Å²) >= 11 is 0. The van der Waals surface area contributed by atoms with Gasteiger partial charge in [-0.25, -0.2) is 4.79 Å². The normalized spacial score (nSPS) is 12.0. The van der Waals surface area contributed by atoms with E-state index in [9.17, 15) is 9.59 Å². The maximum Gasteiger partial charge on any atom is 0.341 e. The standard InChI is InChI=1S/C13H20N2O5/c1-8-11(13(17)19-3)4-10(20-8)7-15-12(16)5-9(6-14)18-2/h4,9H,5-7,14H2,1-3H3,(H,15,16). The van der Waals surface area contributed by atoms with E-state index in [0.717, 1.165) is 0 Å². The molecule has 0 aliphatic heterocycles. The average molecular weight is 284 g/mol. The molecular weight excluding hydrogens is 264 g/mol. The van der Waals surface area contributed by atoms with Gasteiger partial charge >= 0.3 is 5.97 Å². The highest BCUT2D eigenvalue weighted by molar-refractivity contribution is 5.90. The van der Waals surface area contributed by atoms with E-state index < -0.39 is 5.97 Å². The molecular formula is C13H20N2O5. The van der Waals surface area contributed by atoms with Crippen LogP contribution in [0.2, 0.25) is 0 Å². The molecule has 20 heavy (non-hydrogen) atoms. The first kappa shape index (κ1) is 16.2. The molecule has 0 radical (unpaired) electrons. The molecule has 112 valence electrons. The van der Waals surface area contributed by atoms with Gasteiger partial charge in [-0.3, -0.25) is 4.79 Å². The van der Waals surface area contributed by atoms with Crippen LogP contribution in [0.4, 0.5) is 0 Å². The number of furan rings is 1. The van der Waals surface area contributed by atoms with Crippen molar-refractivity contribution in [1.29, 1.82) is 0 Å². The first-order chi connectivity index (χ1) is 9.51. The summed E-state index contributed by atoms with van der Waals surface area (Å²) in [6, 6.07) is 1.55. The zero-order chi connectivity index (χ0) is 15.1. The van der Waals surface area contributed by atoms with E-state index in [0.29, 0.717) is 17.1 Å². The van der Waals surface area contributed by atoms with Crippen molar-refractivity contribution in [1.82, 2.24) is 5.32 Å². The van der Waals surface area contributed by atoms with Gasteiger partial charge in [0.2, 0.25) is 5.91 Å². The Morgan fingerprint density at radius 2 is 2.15 bits per heavy atom. The Kier molecular flexibility index (Phi) is 6.20. The number of esters is 1. The molecule has 0 aliphatic carbocycles. The van der Waals surface area contributed by atoms with Crippen LogP contribution in [0, 0.1) is 6.92 Å². The first-order valence-electron chi connectivity index (χ1n) is 6.19. The van der Waals surface area contributed by atoms with E-state index in [-0.39, 0.29) is 31.5 Å². The minimum Gasteiger partial charge on any atom is -0.465 e. The van der Waals surface area contributed by atoms with Crippen LogP contribution in [0.25, 0.3) is 0 Å². The first-order valence-corrected chi connectivity index (χ1v) is 6.19. The van der Waals surface area contributed by atoms with E-state index in [4.69, 9.17) is 14.9 Å². The van der Waals surface area contributed by atoms with Gasteiger partial charge in [-0.05, 0) is 13.0 Å². The molecule has 0 spiro atoms. The second kappa shape index (κ2) is 7.66. The summed E-state index contributed by atoms with van der Waals surface area (Å²) in [5.41, 5.74) is 5.79. The van der Waals surface area contributed by atoms with Crippen molar-refractivity contribution < 1.29 is 23.5 Å². The number of carbonyl (C=O) groups is 2. The van der Waals surface area contributed by atoms with E-state index >= 15 is 0 Å². The minimum atomic E-state index is -0.466. The lowest BCUT2D eigenvalue weighted by atomic mass is 10.2. The van der Waals surface area contributed by atoms with Crippen LogP contribution in [0.5, 0.6) is 0 Å². The molecule has 0 saturated carbocycles. The molecule has 1 aromatic rings. The molecule has 0 fully saturated rings. The van der Waals surface area contributed by atoms with Crippen molar-refractivity contribution in [3.63, 3.8) is 0 Å². The zero-order valence-electron chi connectivity index (χ0n) is 11.9. The second-order valence-electron chi connectivity index (χ2n) is 4.25. The van der Waals surface area contributed by atoms with Crippen molar-refractivity contribution in [2.75, 3.05) is 20.8 Å². The van der Waals surface area contributed by atoms with E-state index in [1.807, 2.05) is 0 Å². The molecule has 1 atom stereocenters. The molecule has 7 nitrogen and oxygen atoms in total. The predicted octanol–water partition coefficient (Wildman–Crippen LogP) is 0.355. The van der Waals surface area contributed by atoms with Crippen LogP contribution in [-0.2, 0) is 20.8 Å². The highest BCUT2D eigenvalue weighted by Gasteiger charge is 2.16. The summed E-state index contributed by atoms with van der Waals surface area (Å²) in [4.78, 5) is 23.1. The molecule has 0 saturated heterocycles. The highest BCUT2D eigenvalue weighted by Crippen LogP contribution is 2.15. The van der Waals surface area contributed by atoms with Gasteiger partial charge in [-0.2, -0.15) is 0 Å². The number of aryl methyl sites for hydroxylation is 1. The quantitative estimate of drug-likeness (QED) is 0.700. The number of nitrogens with two attached hydrogens (primary N) is 1. The number of hydrogen-bond donors (Lipinski definition) is 2. The number of rotatable bonds is 7. The van der Waals surface area contributed by atoms with E-state index in [1.165, 1.54) is 14.2 Å². The Morgan fingerprint density at radius 3 is 2.70 bits per heavy atom. The Bertz CT molecular complexity index is 465. The summed E-state index contributed by atoms with van der Waals surface area (Å²) in [5, 5.41) is 2.68.